The van der Waals surface area contributed by atoms with Gasteiger partial charge in [0.2, 0.25) is 0 Å². The molecule has 0 radical (unpaired) electrons. The molecule has 2 atom stereocenters. The molecular weight excluding hydrogens is 377 g/mol. The summed E-state index contributed by atoms with van der Waals surface area (Å²) in [5.41, 5.74) is 0. The van der Waals surface area contributed by atoms with Crippen molar-refractivity contribution in [3.63, 3.8) is 0 Å². The molecule has 0 amide bonds. The van der Waals surface area contributed by atoms with Crippen LogP contribution in [0.15, 0.2) is 0 Å². The van der Waals surface area contributed by atoms with Crippen LogP contribution in [0.25, 0.3) is 0 Å². The molecule has 0 saturated carbocycles. The van der Waals surface area contributed by atoms with Crippen LogP contribution in [0.4, 0.5) is 0 Å². The number of rotatable bonds is 14. The molecule has 0 bridgehead atoms. The summed E-state index contributed by atoms with van der Waals surface area (Å²) in [5, 5.41) is 0. The Bertz CT molecular complexity index is 159. The number of hydrogen-bond acceptors (Lipinski definition) is 0. The molecular formula is C22H46Cd. The van der Waals surface area contributed by atoms with Crippen LogP contribution in [-0.4, -0.2) is 0 Å². The van der Waals surface area contributed by atoms with Gasteiger partial charge in [0.15, 0.2) is 0 Å². The summed E-state index contributed by atoms with van der Waals surface area (Å²) >= 11 is 0. The van der Waals surface area contributed by atoms with E-state index in [0.717, 1.165) is 24.7 Å². The molecule has 23 heavy (non-hydrogen) atoms. The molecule has 0 aromatic rings. The zero-order chi connectivity index (χ0) is 17.1. The summed E-state index contributed by atoms with van der Waals surface area (Å²) in [7, 11) is 0. The Morgan fingerprint density at radius 2 is 0.913 bits per heavy atom. The molecule has 136 valence electrons. The Balaban J connectivity index is -0.000000333. The molecule has 0 saturated heterocycles. The fourth-order valence-corrected chi connectivity index (χ4v) is 2.97. The topological polar surface area (TPSA) is 0 Å². The predicted molar refractivity (Wildman–Crippen MR) is 105 cm³/mol. The average molecular weight is 423 g/mol. The molecule has 0 aliphatic carbocycles. The Labute approximate surface area is 170 Å². The molecule has 0 nitrogen and oxygen atoms in total. The van der Waals surface area contributed by atoms with Gasteiger partial charge in [-0.1, -0.05) is 105 Å². The Hall–Kier alpha value is 0.922. The summed E-state index contributed by atoms with van der Waals surface area (Å²) in [6.07, 6.45) is 18.8. The van der Waals surface area contributed by atoms with Crippen LogP contribution in [0.1, 0.15) is 118 Å². The Morgan fingerprint density at radius 1 is 0.565 bits per heavy atom. The minimum Gasteiger partial charge on any atom is -0.343 e. The normalized spacial score (nSPS) is 12.8. The summed E-state index contributed by atoms with van der Waals surface area (Å²) in [5.74, 6) is 1.90. The molecule has 0 heterocycles. The fraction of sp³-hybridized carbons (Fsp3) is 0.909. The first-order valence-electron chi connectivity index (χ1n) is 10.2. The van der Waals surface area contributed by atoms with Crippen LogP contribution >= 0.6 is 0 Å². The van der Waals surface area contributed by atoms with Gasteiger partial charge in [-0.3, -0.25) is 0 Å². The second-order valence-corrected chi connectivity index (χ2v) is 7.19. The van der Waals surface area contributed by atoms with Crippen molar-refractivity contribution >= 4 is 0 Å². The van der Waals surface area contributed by atoms with Crippen LogP contribution < -0.4 is 0 Å². The van der Waals surface area contributed by atoms with E-state index < -0.39 is 0 Å². The maximum atomic E-state index is 3.84. The van der Waals surface area contributed by atoms with Crippen molar-refractivity contribution in [1.29, 1.82) is 0 Å². The van der Waals surface area contributed by atoms with Gasteiger partial charge in [0, 0.05) is 0 Å². The molecule has 0 spiro atoms. The third-order valence-electron chi connectivity index (χ3n) is 4.46. The molecule has 0 fully saturated rings. The second-order valence-electron chi connectivity index (χ2n) is 7.19. The molecule has 1 heteroatoms. The molecule has 0 aliphatic heterocycles. The molecule has 0 aromatic carbocycles. The molecule has 0 aromatic heterocycles. The van der Waals surface area contributed by atoms with Gasteiger partial charge in [0.1, 0.15) is 0 Å². The minimum absolute atomic E-state index is 0. The molecule has 2 unspecified atom stereocenters. The van der Waals surface area contributed by atoms with E-state index in [0.29, 0.717) is 0 Å². The third-order valence-corrected chi connectivity index (χ3v) is 4.46. The fourth-order valence-electron chi connectivity index (χ4n) is 2.97. The summed E-state index contributed by atoms with van der Waals surface area (Å²) < 4.78 is 0. The first kappa shape index (κ1) is 28.7. The first-order valence-corrected chi connectivity index (χ1v) is 10.2. The van der Waals surface area contributed by atoms with Crippen molar-refractivity contribution in [2.75, 3.05) is 0 Å². The van der Waals surface area contributed by atoms with Gasteiger partial charge in [0.05, 0.1) is 0 Å². The largest absolute Gasteiger partial charge is 2.00 e. The summed E-state index contributed by atoms with van der Waals surface area (Å²) in [4.78, 5) is 0. The van der Waals surface area contributed by atoms with E-state index in [1.54, 1.807) is 0 Å². The zero-order valence-corrected chi connectivity index (χ0v) is 21.2. The van der Waals surface area contributed by atoms with Crippen LogP contribution in [0.3, 0.4) is 0 Å². The molecule has 0 aliphatic rings. The van der Waals surface area contributed by atoms with Crippen LogP contribution in [0.5, 0.6) is 0 Å². The number of unbranched alkanes of at least 4 members (excludes halogenated alkanes) is 6. The zero-order valence-electron chi connectivity index (χ0n) is 17.2. The van der Waals surface area contributed by atoms with E-state index in [9.17, 15) is 0 Å². The van der Waals surface area contributed by atoms with Crippen molar-refractivity contribution < 1.29 is 27.3 Å². The monoisotopic (exact) mass is 424 g/mol. The van der Waals surface area contributed by atoms with Crippen LogP contribution in [0.2, 0.25) is 0 Å². The SMILES string of the molecule is [CH2-]CCCCCC(C)CCC.[CH2-]CCCCCC(C)CCC.[Cd+2]. The van der Waals surface area contributed by atoms with Gasteiger partial charge < -0.3 is 13.8 Å². The Morgan fingerprint density at radius 3 is 1.17 bits per heavy atom. The molecule has 0 N–H and O–H groups in total. The van der Waals surface area contributed by atoms with E-state index in [4.69, 9.17) is 0 Å². The van der Waals surface area contributed by atoms with Crippen molar-refractivity contribution in [3.8, 4) is 0 Å². The van der Waals surface area contributed by atoms with Crippen molar-refractivity contribution in [3.05, 3.63) is 13.8 Å². The Kier molecular flexibility index (Phi) is 31.4. The van der Waals surface area contributed by atoms with Crippen LogP contribution in [-0.2, 0) is 27.3 Å². The van der Waals surface area contributed by atoms with Crippen LogP contribution in [0, 0.1) is 25.7 Å². The maximum Gasteiger partial charge on any atom is 2.00 e. The van der Waals surface area contributed by atoms with Gasteiger partial charge in [-0.15, -0.1) is 0 Å². The molecule has 0 rings (SSSR count). The van der Waals surface area contributed by atoms with E-state index in [-0.39, 0.29) is 27.3 Å². The van der Waals surface area contributed by atoms with Gasteiger partial charge in [-0.05, 0) is 11.8 Å². The number of hydrogen-bond donors (Lipinski definition) is 0. The van der Waals surface area contributed by atoms with E-state index in [2.05, 4.69) is 41.5 Å². The first-order chi connectivity index (χ1) is 10.6. The van der Waals surface area contributed by atoms with Gasteiger partial charge in [0.25, 0.3) is 0 Å². The standard InChI is InChI=1S/2C11H23.Cd/c2*1-4-6-7-8-10-11(3)9-5-2;/h2*11H,1,4-10H2,2-3H3;/q2*-1;+2. The minimum atomic E-state index is 0. The summed E-state index contributed by atoms with van der Waals surface area (Å²) in [6, 6.07) is 0. The maximum absolute atomic E-state index is 3.84. The summed E-state index contributed by atoms with van der Waals surface area (Å²) in [6.45, 7) is 17.0. The van der Waals surface area contributed by atoms with Crippen molar-refractivity contribution in [2.45, 2.75) is 118 Å². The van der Waals surface area contributed by atoms with Crippen molar-refractivity contribution in [2.24, 2.45) is 11.8 Å². The van der Waals surface area contributed by atoms with E-state index in [1.165, 1.54) is 77.0 Å². The van der Waals surface area contributed by atoms with Gasteiger partial charge in [-0.25, -0.2) is 0 Å². The van der Waals surface area contributed by atoms with Gasteiger partial charge in [-0.2, -0.15) is 12.8 Å². The smallest absolute Gasteiger partial charge is 0.343 e. The third kappa shape index (κ3) is 28.0. The van der Waals surface area contributed by atoms with E-state index in [1.807, 2.05) is 0 Å². The quantitative estimate of drug-likeness (QED) is 0.150. The van der Waals surface area contributed by atoms with Gasteiger partial charge >= 0.3 is 27.3 Å². The van der Waals surface area contributed by atoms with Crippen molar-refractivity contribution in [1.82, 2.24) is 0 Å². The van der Waals surface area contributed by atoms with E-state index >= 15 is 0 Å². The predicted octanol–water partition coefficient (Wildman–Crippen LogP) is 8.41. The second kappa shape index (κ2) is 25.2. The average Bonchev–Trinajstić information content (AvgIpc) is 2.49.